The minimum Gasteiger partial charge on any atom is -0.465 e. The van der Waals surface area contributed by atoms with Crippen LogP contribution in [0.3, 0.4) is 0 Å². The molecule has 0 saturated carbocycles. The maximum atomic E-state index is 11.3. The molecular weight excluding hydrogens is 182 g/mol. The average Bonchev–Trinajstić information content (AvgIpc) is 2.59. The van der Waals surface area contributed by atoms with E-state index in [0.717, 1.165) is 0 Å². The monoisotopic (exact) mass is 191 g/mol. The Kier molecular flexibility index (Phi) is 1.85. The van der Waals surface area contributed by atoms with Crippen LogP contribution in [0.25, 0.3) is 5.52 Å². The molecule has 0 aromatic carbocycles. The third-order valence-corrected chi connectivity index (χ3v) is 1.94. The van der Waals surface area contributed by atoms with Gasteiger partial charge in [0.1, 0.15) is 5.56 Å². The normalized spacial score (nSPS) is 10.4. The Morgan fingerprint density at radius 2 is 2.36 bits per heavy atom. The van der Waals surface area contributed by atoms with Gasteiger partial charge in [0.15, 0.2) is 0 Å². The van der Waals surface area contributed by atoms with Crippen molar-refractivity contribution < 1.29 is 9.53 Å². The van der Waals surface area contributed by atoms with Gasteiger partial charge in [-0.05, 0) is 12.1 Å². The van der Waals surface area contributed by atoms with Crippen molar-refractivity contribution in [3.63, 3.8) is 0 Å². The summed E-state index contributed by atoms with van der Waals surface area (Å²) in [4.78, 5) is 11.3. The van der Waals surface area contributed by atoms with E-state index in [1.165, 1.54) is 13.3 Å². The number of rotatable bonds is 1. The molecular formula is C9H9N3O2. The topological polar surface area (TPSA) is 69.6 Å². The van der Waals surface area contributed by atoms with E-state index in [0.29, 0.717) is 16.8 Å². The number of carbonyl (C=O) groups is 1. The highest BCUT2D eigenvalue weighted by molar-refractivity contribution is 5.96. The standard InChI is InChI=1S/C9H9N3O2/c1-14-9(13)7-4-11-12-5-6(10)2-3-8(7)12/h2-5H,10H2,1H3. The highest BCUT2D eigenvalue weighted by Gasteiger charge is 2.12. The lowest BCUT2D eigenvalue weighted by Crippen LogP contribution is -2.00. The number of anilines is 1. The Hall–Kier alpha value is -2.04. The van der Waals surface area contributed by atoms with E-state index in [2.05, 4.69) is 9.84 Å². The lowest BCUT2D eigenvalue weighted by molar-refractivity contribution is 0.0603. The predicted octanol–water partition coefficient (Wildman–Crippen LogP) is 0.703. The number of nitrogens with zero attached hydrogens (tertiary/aromatic N) is 2. The predicted molar refractivity (Wildman–Crippen MR) is 50.9 cm³/mol. The fourth-order valence-corrected chi connectivity index (χ4v) is 1.27. The summed E-state index contributed by atoms with van der Waals surface area (Å²) in [6.07, 6.45) is 3.10. The summed E-state index contributed by atoms with van der Waals surface area (Å²) >= 11 is 0. The molecule has 0 saturated heterocycles. The number of aromatic nitrogens is 2. The SMILES string of the molecule is COC(=O)c1cnn2cc(N)ccc12. The molecule has 5 nitrogen and oxygen atoms in total. The Labute approximate surface area is 80.1 Å². The van der Waals surface area contributed by atoms with E-state index < -0.39 is 5.97 Å². The van der Waals surface area contributed by atoms with Crippen LogP contribution in [0.15, 0.2) is 24.5 Å². The summed E-state index contributed by atoms with van der Waals surface area (Å²) in [6.45, 7) is 0. The van der Waals surface area contributed by atoms with Crippen LogP contribution in [0.2, 0.25) is 0 Å². The Morgan fingerprint density at radius 1 is 1.57 bits per heavy atom. The number of ether oxygens (including phenoxy) is 1. The van der Waals surface area contributed by atoms with E-state index in [-0.39, 0.29) is 0 Å². The van der Waals surface area contributed by atoms with Crippen LogP contribution >= 0.6 is 0 Å². The number of esters is 1. The second-order valence-corrected chi connectivity index (χ2v) is 2.84. The molecule has 0 fully saturated rings. The molecule has 0 bridgehead atoms. The van der Waals surface area contributed by atoms with Gasteiger partial charge in [-0.25, -0.2) is 9.31 Å². The van der Waals surface area contributed by atoms with Crippen LogP contribution < -0.4 is 5.73 Å². The number of carbonyl (C=O) groups excluding carboxylic acids is 1. The molecule has 0 spiro atoms. The zero-order valence-electron chi connectivity index (χ0n) is 7.60. The van der Waals surface area contributed by atoms with Gasteiger partial charge in [0.25, 0.3) is 0 Å². The van der Waals surface area contributed by atoms with Crippen LogP contribution in [0.5, 0.6) is 0 Å². The van der Waals surface area contributed by atoms with Crippen molar-refractivity contribution in [3.8, 4) is 0 Å². The van der Waals surface area contributed by atoms with Gasteiger partial charge in [-0.3, -0.25) is 0 Å². The highest BCUT2D eigenvalue weighted by Crippen LogP contribution is 2.13. The molecule has 0 unspecified atom stereocenters. The van der Waals surface area contributed by atoms with Gasteiger partial charge in [-0.1, -0.05) is 0 Å². The molecule has 14 heavy (non-hydrogen) atoms. The summed E-state index contributed by atoms with van der Waals surface area (Å²) in [6, 6.07) is 3.44. The summed E-state index contributed by atoms with van der Waals surface area (Å²) in [5.74, 6) is -0.398. The number of nitrogen functional groups attached to an aromatic ring is 1. The molecule has 2 N–H and O–H groups in total. The van der Waals surface area contributed by atoms with E-state index in [1.54, 1.807) is 22.8 Å². The molecule has 0 aliphatic rings. The van der Waals surface area contributed by atoms with Crippen LogP contribution in [-0.2, 0) is 4.74 Å². The molecule has 2 heterocycles. The minimum atomic E-state index is -0.398. The molecule has 72 valence electrons. The van der Waals surface area contributed by atoms with Crippen molar-refractivity contribution in [1.82, 2.24) is 9.61 Å². The zero-order valence-corrected chi connectivity index (χ0v) is 7.60. The van der Waals surface area contributed by atoms with Crippen molar-refractivity contribution >= 4 is 17.2 Å². The van der Waals surface area contributed by atoms with Crippen LogP contribution in [0.4, 0.5) is 5.69 Å². The molecule has 5 heteroatoms. The van der Waals surface area contributed by atoms with Crippen LogP contribution in [0, 0.1) is 0 Å². The molecule has 0 atom stereocenters. The van der Waals surface area contributed by atoms with Gasteiger partial charge < -0.3 is 10.5 Å². The Morgan fingerprint density at radius 3 is 3.07 bits per heavy atom. The fraction of sp³-hybridized carbons (Fsp3) is 0.111. The third-order valence-electron chi connectivity index (χ3n) is 1.94. The quantitative estimate of drug-likeness (QED) is 0.674. The largest absolute Gasteiger partial charge is 0.465 e. The number of methoxy groups -OCH3 is 1. The first-order valence-electron chi connectivity index (χ1n) is 4.03. The van der Waals surface area contributed by atoms with Gasteiger partial charge in [0, 0.05) is 0 Å². The molecule has 0 aliphatic carbocycles. The second kappa shape index (κ2) is 3.02. The van der Waals surface area contributed by atoms with E-state index in [1.807, 2.05) is 0 Å². The Balaban J connectivity index is 2.64. The first-order valence-corrected chi connectivity index (χ1v) is 4.03. The van der Waals surface area contributed by atoms with Gasteiger partial charge in [-0.15, -0.1) is 0 Å². The molecule has 0 aliphatic heterocycles. The van der Waals surface area contributed by atoms with E-state index >= 15 is 0 Å². The molecule has 2 rings (SSSR count). The van der Waals surface area contributed by atoms with Crippen molar-refractivity contribution in [1.29, 1.82) is 0 Å². The second-order valence-electron chi connectivity index (χ2n) is 2.84. The zero-order chi connectivity index (χ0) is 10.1. The third kappa shape index (κ3) is 1.19. The van der Waals surface area contributed by atoms with Gasteiger partial charge in [0.05, 0.1) is 30.7 Å². The number of fused-ring (bicyclic) bond motifs is 1. The number of hydrogen-bond acceptors (Lipinski definition) is 4. The Bertz CT molecular complexity index is 490. The van der Waals surface area contributed by atoms with Crippen molar-refractivity contribution in [2.24, 2.45) is 0 Å². The molecule has 2 aromatic heterocycles. The van der Waals surface area contributed by atoms with Crippen molar-refractivity contribution in [3.05, 3.63) is 30.1 Å². The number of pyridine rings is 1. The van der Waals surface area contributed by atoms with Crippen molar-refractivity contribution in [2.45, 2.75) is 0 Å². The maximum absolute atomic E-state index is 11.3. The van der Waals surface area contributed by atoms with Crippen molar-refractivity contribution in [2.75, 3.05) is 12.8 Å². The summed E-state index contributed by atoms with van der Waals surface area (Å²) in [5, 5.41) is 3.98. The smallest absolute Gasteiger partial charge is 0.341 e. The minimum absolute atomic E-state index is 0.398. The fourth-order valence-electron chi connectivity index (χ4n) is 1.27. The summed E-state index contributed by atoms with van der Waals surface area (Å²) < 4.78 is 6.15. The highest BCUT2D eigenvalue weighted by atomic mass is 16.5. The first-order chi connectivity index (χ1) is 6.72. The van der Waals surface area contributed by atoms with E-state index in [4.69, 9.17) is 5.73 Å². The lowest BCUT2D eigenvalue weighted by Gasteiger charge is -1.97. The van der Waals surface area contributed by atoms with Gasteiger partial charge >= 0.3 is 5.97 Å². The maximum Gasteiger partial charge on any atom is 0.341 e. The van der Waals surface area contributed by atoms with Gasteiger partial charge in [-0.2, -0.15) is 5.10 Å². The van der Waals surface area contributed by atoms with Gasteiger partial charge in [0.2, 0.25) is 0 Å². The van der Waals surface area contributed by atoms with E-state index in [9.17, 15) is 4.79 Å². The average molecular weight is 191 g/mol. The molecule has 2 aromatic rings. The molecule has 0 amide bonds. The lowest BCUT2D eigenvalue weighted by atomic mass is 10.2. The molecule has 0 radical (unpaired) electrons. The summed E-state index contributed by atoms with van der Waals surface area (Å²) in [7, 11) is 1.34. The van der Waals surface area contributed by atoms with Crippen LogP contribution in [-0.4, -0.2) is 22.7 Å². The number of nitrogens with two attached hydrogens (primary N) is 1. The van der Waals surface area contributed by atoms with Crippen LogP contribution in [0.1, 0.15) is 10.4 Å². The first kappa shape index (κ1) is 8.55. The number of hydrogen-bond donors (Lipinski definition) is 1. The summed E-state index contributed by atoms with van der Waals surface area (Å²) in [5.41, 5.74) is 7.28.